The van der Waals surface area contributed by atoms with Crippen molar-refractivity contribution in [2.24, 2.45) is 0 Å². The molecule has 0 saturated carbocycles. The highest BCUT2D eigenvalue weighted by Crippen LogP contribution is 2.18. The van der Waals surface area contributed by atoms with Crippen molar-refractivity contribution in [1.29, 1.82) is 0 Å². The Bertz CT molecular complexity index is 652. The summed E-state index contributed by atoms with van der Waals surface area (Å²) in [7, 11) is 0. The van der Waals surface area contributed by atoms with Crippen molar-refractivity contribution in [1.82, 2.24) is 0 Å². The van der Waals surface area contributed by atoms with Crippen molar-refractivity contribution in [2.75, 3.05) is 13.2 Å². The molecule has 0 saturated heterocycles. The summed E-state index contributed by atoms with van der Waals surface area (Å²) >= 11 is 0. The third-order valence-electron chi connectivity index (χ3n) is 3.45. The van der Waals surface area contributed by atoms with E-state index in [0.29, 0.717) is 18.6 Å². The molecule has 0 fully saturated rings. The number of aliphatic hydroxyl groups excluding tert-OH is 1. The number of aliphatic hydroxyl groups is 1. The molecule has 0 spiro atoms. The van der Waals surface area contributed by atoms with Crippen LogP contribution >= 0.6 is 0 Å². The van der Waals surface area contributed by atoms with Crippen molar-refractivity contribution in [3.8, 4) is 5.75 Å². The fraction of sp³-hybridized carbons (Fsp3) is 0.250. The Labute approximate surface area is 142 Å². The predicted octanol–water partition coefficient (Wildman–Crippen LogP) is 2.94. The molecular formula is C20H22O4. The molecule has 24 heavy (non-hydrogen) atoms. The van der Waals surface area contributed by atoms with Crippen molar-refractivity contribution in [2.45, 2.75) is 18.9 Å². The SMILES string of the molecule is C=CCOC(=O)[C@@H](Cc1ccccc1)Oc1cccc(CCO)c1. The molecule has 1 N–H and O–H groups in total. The second-order valence-corrected chi connectivity index (χ2v) is 5.34. The van der Waals surface area contributed by atoms with Crippen LogP contribution in [0.25, 0.3) is 0 Å². The number of esters is 1. The molecule has 2 rings (SSSR count). The van der Waals surface area contributed by atoms with Crippen LogP contribution in [0.15, 0.2) is 67.3 Å². The fourth-order valence-electron chi connectivity index (χ4n) is 2.30. The fourth-order valence-corrected chi connectivity index (χ4v) is 2.30. The number of ether oxygens (including phenoxy) is 2. The Hall–Kier alpha value is -2.59. The van der Waals surface area contributed by atoms with Gasteiger partial charge in [0.05, 0.1) is 0 Å². The maximum atomic E-state index is 12.3. The molecule has 0 amide bonds. The van der Waals surface area contributed by atoms with Crippen LogP contribution in [-0.2, 0) is 22.4 Å². The van der Waals surface area contributed by atoms with Gasteiger partial charge >= 0.3 is 5.97 Å². The average Bonchev–Trinajstić information content (AvgIpc) is 2.60. The number of rotatable bonds is 9. The standard InChI is InChI=1S/C20H22O4/c1-2-13-23-20(22)19(15-16-7-4-3-5-8-16)24-18-10-6-9-17(14-18)11-12-21/h2-10,14,19,21H,1,11-13,15H2/t19-/m1/s1. The van der Waals surface area contributed by atoms with Crippen LogP contribution in [0.5, 0.6) is 5.75 Å². The van der Waals surface area contributed by atoms with E-state index in [9.17, 15) is 4.79 Å². The van der Waals surface area contributed by atoms with Crippen LogP contribution in [0.1, 0.15) is 11.1 Å². The molecule has 0 bridgehead atoms. The molecule has 4 nitrogen and oxygen atoms in total. The van der Waals surface area contributed by atoms with Crippen LogP contribution < -0.4 is 4.74 Å². The summed E-state index contributed by atoms with van der Waals surface area (Å²) in [4.78, 5) is 12.3. The van der Waals surface area contributed by atoms with E-state index in [0.717, 1.165) is 11.1 Å². The zero-order chi connectivity index (χ0) is 17.2. The van der Waals surface area contributed by atoms with E-state index in [-0.39, 0.29) is 13.2 Å². The van der Waals surface area contributed by atoms with Gasteiger partial charge in [-0.25, -0.2) is 4.79 Å². The van der Waals surface area contributed by atoms with Gasteiger partial charge in [-0.05, 0) is 29.7 Å². The minimum atomic E-state index is -0.739. The number of hydrogen-bond acceptors (Lipinski definition) is 4. The summed E-state index contributed by atoms with van der Waals surface area (Å²) in [5.74, 6) is 0.156. The van der Waals surface area contributed by atoms with Crippen LogP contribution in [0.3, 0.4) is 0 Å². The third-order valence-corrected chi connectivity index (χ3v) is 3.45. The maximum Gasteiger partial charge on any atom is 0.347 e. The van der Waals surface area contributed by atoms with Gasteiger partial charge in [-0.15, -0.1) is 0 Å². The summed E-state index contributed by atoms with van der Waals surface area (Å²) in [6.07, 6.45) is 1.75. The molecule has 0 heterocycles. The first-order chi connectivity index (χ1) is 11.7. The van der Waals surface area contributed by atoms with Gasteiger partial charge in [0, 0.05) is 13.0 Å². The van der Waals surface area contributed by atoms with E-state index in [1.807, 2.05) is 48.5 Å². The lowest BCUT2D eigenvalue weighted by Gasteiger charge is -2.18. The van der Waals surface area contributed by atoms with E-state index in [1.54, 1.807) is 6.07 Å². The topological polar surface area (TPSA) is 55.8 Å². The molecule has 4 heteroatoms. The monoisotopic (exact) mass is 326 g/mol. The average molecular weight is 326 g/mol. The molecule has 0 aromatic heterocycles. The lowest BCUT2D eigenvalue weighted by Crippen LogP contribution is -2.31. The first-order valence-corrected chi connectivity index (χ1v) is 7.91. The Morgan fingerprint density at radius 1 is 1.12 bits per heavy atom. The van der Waals surface area contributed by atoms with Gasteiger partial charge in [0.15, 0.2) is 6.10 Å². The predicted molar refractivity (Wildman–Crippen MR) is 92.9 cm³/mol. The van der Waals surface area contributed by atoms with E-state index in [4.69, 9.17) is 14.6 Å². The van der Waals surface area contributed by atoms with Crippen LogP contribution in [0.4, 0.5) is 0 Å². The molecular weight excluding hydrogens is 304 g/mol. The zero-order valence-corrected chi connectivity index (χ0v) is 13.6. The second kappa shape index (κ2) is 9.53. The molecule has 0 unspecified atom stereocenters. The van der Waals surface area contributed by atoms with Gasteiger partial charge in [0.2, 0.25) is 0 Å². The first-order valence-electron chi connectivity index (χ1n) is 7.91. The van der Waals surface area contributed by atoms with Crippen molar-refractivity contribution >= 4 is 5.97 Å². The molecule has 0 aliphatic heterocycles. The van der Waals surface area contributed by atoms with Gasteiger partial charge in [0.25, 0.3) is 0 Å². The second-order valence-electron chi connectivity index (χ2n) is 5.34. The summed E-state index contributed by atoms with van der Waals surface area (Å²) in [6, 6.07) is 17.0. The van der Waals surface area contributed by atoms with Crippen molar-refractivity contribution in [3.05, 3.63) is 78.4 Å². The van der Waals surface area contributed by atoms with Crippen molar-refractivity contribution in [3.63, 3.8) is 0 Å². The van der Waals surface area contributed by atoms with Crippen LogP contribution in [0.2, 0.25) is 0 Å². The molecule has 2 aromatic carbocycles. The highest BCUT2D eigenvalue weighted by Gasteiger charge is 2.22. The van der Waals surface area contributed by atoms with Gasteiger partial charge in [-0.2, -0.15) is 0 Å². The molecule has 2 aromatic rings. The number of carbonyl (C=O) groups excluding carboxylic acids is 1. The molecule has 126 valence electrons. The number of carbonyl (C=O) groups is 1. The third kappa shape index (κ3) is 5.56. The summed E-state index contributed by atoms with van der Waals surface area (Å²) < 4.78 is 11.0. The molecule has 0 radical (unpaired) electrons. The minimum absolute atomic E-state index is 0.0677. The Morgan fingerprint density at radius 3 is 2.58 bits per heavy atom. The Kier molecular flexibility index (Phi) is 7.05. The van der Waals surface area contributed by atoms with Gasteiger partial charge in [-0.1, -0.05) is 55.1 Å². The smallest absolute Gasteiger partial charge is 0.347 e. The summed E-state index contributed by atoms with van der Waals surface area (Å²) in [5, 5.41) is 9.05. The lowest BCUT2D eigenvalue weighted by atomic mass is 10.1. The molecule has 0 aliphatic carbocycles. The maximum absolute atomic E-state index is 12.3. The highest BCUT2D eigenvalue weighted by molar-refractivity contribution is 5.75. The quantitative estimate of drug-likeness (QED) is 0.569. The van der Waals surface area contributed by atoms with E-state index in [2.05, 4.69) is 6.58 Å². The largest absolute Gasteiger partial charge is 0.478 e. The van der Waals surface area contributed by atoms with Gasteiger partial charge in [0.1, 0.15) is 12.4 Å². The number of benzene rings is 2. The van der Waals surface area contributed by atoms with Crippen molar-refractivity contribution < 1.29 is 19.4 Å². The van der Waals surface area contributed by atoms with E-state index >= 15 is 0 Å². The van der Waals surface area contributed by atoms with Gasteiger partial charge < -0.3 is 14.6 Å². The summed E-state index contributed by atoms with van der Waals surface area (Å²) in [5.41, 5.74) is 1.94. The molecule has 1 atom stereocenters. The normalized spacial score (nSPS) is 11.5. The Balaban J connectivity index is 2.13. The van der Waals surface area contributed by atoms with E-state index in [1.165, 1.54) is 6.08 Å². The van der Waals surface area contributed by atoms with Gasteiger partial charge in [-0.3, -0.25) is 0 Å². The lowest BCUT2D eigenvalue weighted by molar-refractivity contribution is -0.150. The van der Waals surface area contributed by atoms with E-state index < -0.39 is 12.1 Å². The van der Waals surface area contributed by atoms with Crippen LogP contribution in [0, 0.1) is 0 Å². The first kappa shape index (κ1) is 17.8. The Morgan fingerprint density at radius 2 is 1.88 bits per heavy atom. The highest BCUT2D eigenvalue weighted by atomic mass is 16.6. The summed E-state index contributed by atoms with van der Waals surface area (Å²) in [6.45, 7) is 3.77. The van der Waals surface area contributed by atoms with Crippen LogP contribution in [-0.4, -0.2) is 30.4 Å². The minimum Gasteiger partial charge on any atom is -0.478 e. The molecule has 0 aliphatic rings. The zero-order valence-electron chi connectivity index (χ0n) is 13.6. The number of hydrogen-bond donors (Lipinski definition) is 1.